The van der Waals surface area contributed by atoms with Crippen LogP contribution in [0.5, 0.6) is 0 Å². The predicted octanol–water partition coefficient (Wildman–Crippen LogP) is 4.48. The highest BCUT2D eigenvalue weighted by Crippen LogP contribution is 2.32. The molecule has 1 fully saturated rings. The number of rotatable bonds is 6. The first-order chi connectivity index (χ1) is 16.9. The van der Waals surface area contributed by atoms with E-state index in [2.05, 4.69) is 17.3 Å². The van der Waals surface area contributed by atoms with Gasteiger partial charge in [-0.05, 0) is 54.9 Å². The molecule has 3 aromatic rings. The van der Waals surface area contributed by atoms with Crippen LogP contribution in [0.15, 0.2) is 48.5 Å². The fourth-order valence-electron chi connectivity index (χ4n) is 4.44. The van der Waals surface area contributed by atoms with Gasteiger partial charge in [-0.2, -0.15) is 5.10 Å². The molecule has 0 aliphatic heterocycles. The summed E-state index contributed by atoms with van der Waals surface area (Å²) in [7, 11) is 0. The second-order valence-corrected chi connectivity index (χ2v) is 10.7. The van der Waals surface area contributed by atoms with Gasteiger partial charge >= 0.3 is 0 Å². The number of fused-ring (bicyclic) bond motifs is 1. The van der Waals surface area contributed by atoms with Crippen LogP contribution < -0.4 is 11.1 Å². The summed E-state index contributed by atoms with van der Waals surface area (Å²) in [5.41, 5.74) is 6.56. The minimum absolute atomic E-state index is 0.101. The first-order valence-corrected chi connectivity index (χ1v) is 12.2. The van der Waals surface area contributed by atoms with E-state index in [1.807, 2.05) is 45.0 Å². The number of aromatic nitrogens is 2. The van der Waals surface area contributed by atoms with Crippen molar-refractivity contribution in [2.75, 3.05) is 0 Å². The van der Waals surface area contributed by atoms with E-state index in [-0.39, 0.29) is 35.0 Å². The Bertz CT molecular complexity index is 1240. The zero-order chi connectivity index (χ0) is 26.6. The molecular weight excluding hydrogens is 459 g/mol. The van der Waals surface area contributed by atoms with Gasteiger partial charge in [0, 0.05) is 11.3 Å². The standard InChI is InChI=1S/C22H24FN3O2.C6H11NO/c1-14(27)20(22(2,3)4)24-21(28)19-17-7-5-6-8-18(17)26(25-19)13-15-9-11-16(23)12-10-15;1-4-2-5(3-4)6(7)8/h5-12,20H,13H2,1-4H3,(H,24,28);4-5H,2-3H2,1H3,(H2,7,8). The fourth-order valence-corrected chi connectivity index (χ4v) is 4.44. The number of halogens is 1. The molecule has 1 atom stereocenters. The van der Waals surface area contributed by atoms with Crippen LogP contribution >= 0.6 is 0 Å². The second kappa shape index (κ2) is 11.0. The van der Waals surface area contributed by atoms with Crippen LogP contribution in [0.1, 0.15) is 63.5 Å². The molecular formula is C28H35FN4O3. The van der Waals surface area contributed by atoms with Gasteiger partial charge in [-0.25, -0.2) is 4.39 Å². The number of nitrogens with two attached hydrogens (primary N) is 1. The number of ketones is 1. The Balaban J connectivity index is 0.000000383. The Morgan fingerprint density at radius 2 is 1.72 bits per heavy atom. The molecule has 2 aromatic carbocycles. The Morgan fingerprint density at radius 3 is 2.22 bits per heavy atom. The molecule has 1 unspecified atom stereocenters. The van der Waals surface area contributed by atoms with Crippen molar-refractivity contribution in [2.24, 2.45) is 23.0 Å². The molecule has 192 valence electrons. The van der Waals surface area contributed by atoms with Crippen LogP contribution in [0, 0.1) is 23.1 Å². The molecule has 1 aromatic heterocycles. The van der Waals surface area contributed by atoms with Gasteiger partial charge < -0.3 is 11.1 Å². The molecule has 4 rings (SSSR count). The molecule has 0 radical (unpaired) electrons. The quantitative estimate of drug-likeness (QED) is 0.527. The number of hydrogen-bond donors (Lipinski definition) is 2. The van der Waals surface area contributed by atoms with Gasteiger partial charge in [0.15, 0.2) is 11.5 Å². The summed E-state index contributed by atoms with van der Waals surface area (Å²) >= 11 is 0. The summed E-state index contributed by atoms with van der Waals surface area (Å²) in [5.74, 6) is 0.0206. The topological polar surface area (TPSA) is 107 Å². The minimum atomic E-state index is -0.610. The first-order valence-electron chi connectivity index (χ1n) is 12.2. The number of carbonyl (C=O) groups excluding carboxylic acids is 3. The average molecular weight is 495 g/mol. The molecule has 3 N–H and O–H groups in total. The molecule has 7 nitrogen and oxygen atoms in total. The maximum Gasteiger partial charge on any atom is 0.273 e. The van der Waals surface area contributed by atoms with E-state index >= 15 is 0 Å². The third kappa shape index (κ3) is 6.56. The molecule has 36 heavy (non-hydrogen) atoms. The smallest absolute Gasteiger partial charge is 0.273 e. The molecule has 1 aliphatic rings. The number of hydrogen-bond acceptors (Lipinski definition) is 4. The molecule has 0 bridgehead atoms. The van der Waals surface area contributed by atoms with Gasteiger partial charge in [0.05, 0.1) is 18.1 Å². The van der Waals surface area contributed by atoms with Crippen molar-refractivity contribution < 1.29 is 18.8 Å². The zero-order valence-corrected chi connectivity index (χ0v) is 21.5. The lowest BCUT2D eigenvalue weighted by molar-refractivity contribution is -0.125. The Labute approximate surface area is 211 Å². The van der Waals surface area contributed by atoms with Gasteiger partial charge in [0.1, 0.15) is 5.82 Å². The van der Waals surface area contributed by atoms with Crippen molar-refractivity contribution in [1.29, 1.82) is 0 Å². The third-order valence-corrected chi connectivity index (χ3v) is 6.44. The van der Waals surface area contributed by atoms with E-state index in [9.17, 15) is 18.8 Å². The van der Waals surface area contributed by atoms with E-state index in [1.54, 1.807) is 16.8 Å². The Hall–Kier alpha value is -3.55. The summed E-state index contributed by atoms with van der Waals surface area (Å²) in [6.07, 6.45) is 2.02. The van der Waals surface area contributed by atoms with Crippen molar-refractivity contribution in [1.82, 2.24) is 15.1 Å². The van der Waals surface area contributed by atoms with Crippen molar-refractivity contribution in [3.05, 3.63) is 65.6 Å². The highest BCUT2D eigenvalue weighted by molar-refractivity contribution is 6.06. The molecule has 0 saturated heterocycles. The third-order valence-electron chi connectivity index (χ3n) is 6.44. The molecule has 8 heteroatoms. The number of benzene rings is 2. The van der Waals surface area contributed by atoms with Crippen molar-refractivity contribution >= 4 is 28.5 Å². The summed E-state index contributed by atoms with van der Waals surface area (Å²) in [6.45, 7) is 9.74. The number of primary amides is 1. The van der Waals surface area contributed by atoms with Crippen molar-refractivity contribution in [3.63, 3.8) is 0 Å². The molecule has 1 heterocycles. The van der Waals surface area contributed by atoms with Gasteiger partial charge in [0.25, 0.3) is 5.91 Å². The number of nitrogens with one attached hydrogen (secondary N) is 1. The molecule has 2 amide bonds. The summed E-state index contributed by atoms with van der Waals surface area (Å²) in [4.78, 5) is 35.3. The monoisotopic (exact) mass is 494 g/mol. The van der Waals surface area contributed by atoms with E-state index < -0.39 is 11.5 Å². The zero-order valence-electron chi connectivity index (χ0n) is 21.5. The first kappa shape index (κ1) is 27.0. The molecule has 1 aliphatic carbocycles. The van der Waals surface area contributed by atoms with Crippen LogP contribution in [0.3, 0.4) is 0 Å². The Kier molecular flexibility index (Phi) is 8.28. The fraction of sp³-hybridized carbons (Fsp3) is 0.429. The highest BCUT2D eigenvalue weighted by atomic mass is 19.1. The lowest BCUT2D eigenvalue weighted by atomic mass is 9.76. The average Bonchev–Trinajstić information content (AvgIpc) is 3.14. The summed E-state index contributed by atoms with van der Waals surface area (Å²) < 4.78 is 14.9. The lowest BCUT2D eigenvalue weighted by Gasteiger charge is -2.29. The Morgan fingerprint density at radius 1 is 1.11 bits per heavy atom. The van der Waals surface area contributed by atoms with E-state index in [4.69, 9.17) is 5.73 Å². The van der Waals surface area contributed by atoms with E-state index in [0.717, 1.165) is 29.8 Å². The van der Waals surface area contributed by atoms with E-state index in [0.29, 0.717) is 11.9 Å². The SMILES string of the molecule is CC(=O)C(NC(=O)c1nn(Cc2ccc(F)cc2)c2ccccc12)C(C)(C)C.CC1CC(C(N)=O)C1. The predicted molar refractivity (Wildman–Crippen MR) is 138 cm³/mol. The van der Waals surface area contributed by atoms with Crippen molar-refractivity contribution in [3.8, 4) is 0 Å². The van der Waals surface area contributed by atoms with Crippen LogP contribution in [-0.4, -0.2) is 33.4 Å². The van der Waals surface area contributed by atoms with Gasteiger partial charge in [0.2, 0.25) is 5.91 Å². The molecule has 1 saturated carbocycles. The van der Waals surface area contributed by atoms with Gasteiger partial charge in [-0.3, -0.25) is 19.1 Å². The molecule has 0 spiro atoms. The number of amides is 2. The van der Waals surface area contributed by atoms with Crippen LogP contribution in [-0.2, 0) is 16.1 Å². The number of nitrogens with zero attached hydrogens (tertiary/aromatic N) is 2. The van der Waals surface area contributed by atoms with Crippen molar-refractivity contribution in [2.45, 2.75) is 60.0 Å². The number of para-hydroxylation sites is 1. The minimum Gasteiger partial charge on any atom is -0.369 e. The second-order valence-electron chi connectivity index (χ2n) is 10.7. The highest BCUT2D eigenvalue weighted by Gasteiger charge is 2.32. The normalized spacial score (nSPS) is 17.9. The van der Waals surface area contributed by atoms with Gasteiger partial charge in [-0.15, -0.1) is 0 Å². The summed E-state index contributed by atoms with van der Waals surface area (Å²) in [5, 5.41) is 8.04. The lowest BCUT2D eigenvalue weighted by Crippen LogP contribution is -2.48. The van der Waals surface area contributed by atoms with Crippen LogP contribution in [0.2, 0.25) is 0 Å². The maximum absolute atomic E-state index is 13.2. The maximum atomic E-state index is 13.2. The van der Waals surface area contributed by atoms with Crippen LogP contribution in [0.4, 0.5) is 4.39 Å². The van der Waals surface area contributed by atoms with Gasteiger partial charge in [-0.1, -0.05) is 58.0 Å². The number of Topliss-reactive ketones (excluding diaryl/α,β-unsaturated/α-hetero) is 1. The van der Waals surface area contributed by atoms with Crippen LogP contribution in [0.25, 0.3) is 10.9 Å². The largest absolute Gasteiger partial charge is 0.369 e. The number of carbonyl (C=O) groups is 3. The summed E-state index contributed by atoms with van der Waals surface area (Å²) in [6, 6.07) is 13.0. The van der Waals surface area contributed by atoms with E-state index in [1.165, 1.54) is 19.1 Å².